The first-order valence-electron chi connectivity index (χ1n) is 10.2. The zero-order valence-electron chi connectivity index (χ0n) is 17.6. The largest absolute Gasteiger partial charge is 0.383 e. The number of para-hydroxylation sites is 2. The Morgan fingerprint density at radius 3 is 2.48 bits per heavy atom. The molecule has 1 atom stereocenters. The number of rotatable bonds is 8. The van der Waals surface area contributed by atoms with Crippen molar-refractivity contribution in [3.05, 3.63) is 90.0 Å². The molecule has 1 amide bonds. The number of hydrogen-bond donors (Lipinski definition) is 1. The van der Waals surface area contributed by atoms with Crippen LogP contribution in [0.1, 0.15) is 16.4 Å². The number of benzene rings is 3. The minimum atomic E-state index is -0.444. The quantitative estimate of drug-likeness (QED) is 0.376. The Hall–Kier alpha value is -3.09. The number of thioether (sulfide) groups is 1. The number of aromatic nitrogens is 2. The summed E-state index contributed by atoms with van der Waals surface area (Å²) in [5.74, 6) is -0.0783. The fourth-order valence-corrected chi connectivity index (χ4v) is 4.53. The minimum Gasteiger partial charge on any atom is -0.383 e. The monoisotopic (exact) mass is 431 g/mol. The van der Waals surface area contributed by atoms with Gasteiger partial charge in [-0.15, -0.1) is 0 Å². The number of aryl methyl sites for hydroxylation is 1. The van der Waals surface area contributed by atoms with Crippen LogP contribution in [-0.4, -0.2) is 29.2 Å². The van der Waals surface area contributed by atoms with Gasteiger partial charge in [-0.25, -0.2) is 4.98 Å². The summed E-state index contributed by atoms with van der Waals surface area (Å²) < 4.78 is 7.43. The standard InChI is InChI=1S/C25H25N3O2S/c1-18-12-14-20(15-13-18)26-24(29)23(19-8-4-3-5-9-19)31-25-27-21-10-6-7-11-22(21)28(25)16-17-30-2/h3-15,23H,16-17H2,1-2H3,(H,26,29). The smallest absolute Gasteiger partial charge is 0.242 e. The normalized spacial score (nSPS) is 12.1. The van der Waals surface area contributed by atoms with Crippen LogP contribution in [0.4, 0.5) is 5.69 Å². The van der Waals surface area contributed by atoms with Gasteiger partial charge in [0.1, 0.15) is 5.25 Å². The molecule has 3 aromatic carbocycles. The van der Waals surface area contributed by atoms with Crippen LogP contribution < -0.4 is 5.32 Å². The lowest BCUT2D eigenvalue weighted by atomic mass is 10.1. The molecule has 1 unspecified atom stereocenters. The van der Waals surface area contributed by atoms with E-state index in [0.29, 0.717) is 13.2 Å². The third-order valence-electron chi connectivity index (χ3n) is 5.02. The second-order valence-corrected chi connectivity index (χ2v) is 8.36. The first-order chi connectivity index (χ1) is 15.2. The first kappa shape index (κ1) is 21.2. The van der Waals surface area contributed by atoms with E-state index in [1.54, 1.807) is 7.11 Å². The Balaban J connectivity index is 1.68. The van der Waals surface area contributed by atoms with Gasteiger partial charge < -0.3 is 14.6 Å². The van der Waals surface area contributed by atoms with E-state index in [-0.39, 0.29) is 5.91 Å². The Morgan fingerprint density at radius 1 is 1.03 bits per heavy atom. The number of fused-ring (bicyclic) bond motifs is 1. The van der Waals surface area contributed by atoms with Gasteiger partial charge in [-0.3, -0.25) is 4.79 Å². The molecule has 1 aromatic heterocycles. The predicted octanol–water partition coefficient (Wildman–Crippen LogP) is 5.46. The van der Waals surface area contributed by atoms with Crippen molar-refractivity contribution in [1.82, 2.24) is 9.55 Å². The van der Waals surface area contributed by atoms with Gasteiger partial charge >= 0.3 is 0 Å². The topological polar surface area (TPSA) is 56.1 Å². The molecule has 1 heterocycles. The van der Waals surface area contributed by atoms with Crippen LogP contribution in [0.15, 0.2) is 84.0 Å². The Labute approximate surface area is 186 Å². The third-order valence-corrected chi connectivity index (χ3v) is 6.27. The summed E-state index contributed by atoms with van der Waals surface area (Å²) in [6, 6.07) is 25.7. The molecule has 0 saturated heterocycles. The summed E-state index contributed by atoms with van der Waals surface area (Å²) >= 11 is 1.46. The van der Waals surface area contributed by atoms with Gasteiger partial charge in [0.2, 0.25) is 5.91 Å². The molecule has 0 radical (unpaired) electrons. The van der Waals surface area contributed by atoms with Crippen molar-refractivity contribution in [3.8, 4) is 0 Å². The van der Waals surface area contributed by atoms with E-state index in [1.807, 2.05) is 85.8 Å². The Bertz CT molecular complexity index is 1160. The average molecular weight is 432 g/mol. The van der Waals surface area contributed by atoms with Crippen LogP contribution in [0.5, 0.6) is 0 Å². The number of carbonyl (C=O) groups is 1. The van der Waals surface area contributed by atoms with Crippen molar-refractivity contribution in [1.29, 1.82) is 0 Å². The zero-order valence-corrected chi connectivity index (χ0v) is 18.4. The van der Waals surface area contributed by atoms with E-state index < -0.39 is 5.25 Å². The molecule has 0 aliphatic rings. The lowest BCUT2D eigenvalue weighted by molar-refractivity contribution is -0.115. The van der Waals surface area contributed by atoms with Gasteiger partial charge in [0.05, 0.1) is 17.6 Å². The molecule has 0 saturated carbocycles. The Kier molecular flexibility index (Phi) is 6.70. The van der Waals surface area contributed by atoms with Crippen LogP contribution in [0.2, 0.25) is 0 Å². The van der Waals surface area contributed by atoms with Gasteiger partial charge in [-0.05, 0) is 36.8 Å². The molecule has 5 nitrogen and oxygen atoms in total. The fraction of sp³-hybridized carbons (Fsp3) is 0.200. The number of carbonyl (C=O) groups excluding carboxylic acids is 1. The van der Waals surface area contributed by atoms with E-state index in [2.05, 4.69) is 9.88 Å². The molecule has 31 heavy (non-hydrogen) atoms. The number of ether oxygens (including phenoxy) is 1. The van der Waals surface area contributed by atoms with Gasteiger partial charge in [-0.1, -0.05) is 71.9 Å². The van der Waals surface area contributed by atoms with Crippen molar-refractivity contribution < 1.29 is 9.53 Å². The summed E-state index contributed by atoms with van der Waals surface area (Å²) in [6.07, 6.45) is 0. The molecule has 6 heteroatoms. The maximum Gasteiger partial charge on any atom is 0.242 e. The van der Waals surface area contributed by atoms with Crippen molar-refractivity contribution in [2.75, 3.05) is 19.0 Å². The SMILES string of the molecule is COCCn1c(SC(C(=O)Nc2ccc(C)cc2)c2ccccc2)nc2ccccc21. The average Bonchev–Trinajstić information content (AvgIpc) is 3.15. The molecule has 4 aromatic rings. The fourth-order valence-electron chi connectivity index (χ4n) is 3.39. The van der Waals surface area contributed by atoms with Crippen LogP contribution in [0.3, 0.4) is 0 Å². The third kappa shape index (κ3) is 4.98. The zero-order chi connectivity index (χ0) is 21.6. The van der Waals surface area contributed by atoms with Gasteiger partial charge in [0, 0.05) is 19.3 Å². The summed E-state index contributed by atoms with van der Waals surface area (Å²) in [5.41, 5.74) is 4.81. The molecule has 0 bridgehead atoms. The van der Waals surface area contributed by atoms with Gasteiger partial charge in [0.25, 0.3) is 0 Å². The lowest BCUT2D eigenvalue weighted by Gasteiger charge is -2.18. The van der Waals surface area contributed by atoms with Crippen molar-refractivity contribution in [2.24, 2.45) is 0 Å². The van der Waals surface area contributed by atoms with E-state index in [4.69, 9.17) is 9.72 Å². The number of nitrogens with zero attached hydrogens (tertiary/aromatic N) is 2. The number of imidazole rings is 1. The lowest BCUT2D eigenvalue weighted by Crippen LogP contribution is -2.19. The summed E-state index contributed by atoms with van der Waals surface area (Å²) in [6.45, 7) is 3.26. The van der Waals surface area contributed by atoms with Gasteiger partial charge in [-0.2, -0.15) is 0 Å². The number of nitrogens with one attached hydrogen (secondary N) is 1. The Morgan fingerprint density at radius 2 is 1.74 bits per heavy atom. The number of hydrogen-bond acceptors (Lipinski definition) is 4. The van der Waals surface area contributed by atoms with E-state index >= 15 is 0 Å². The molecule has 0 aliphatic carbocycles. The second kappa shape index (κ2) is 9.81. The number of anilines is 1. The summed E-state index contributed by atoms with van der Waals surface area (Å²) in [5, 5.41) is 3.42. The van der Waals surface area contributed by atoms with Crippen molar-refractivity contribution in [2.45, 2.75) is 23.9 Å². The highest BCUT2D eigenvalue weighted by atomic mass is 32.2. The number of amides is 1. The molecular formula is C25H25N3O2S. The van der Waals surface area contributed by atoms with Crippen LogP contribution >= 0.6 is 11.8 Å². The molecule has 0 spiro atoms. The van der Waals surface area contributed by atoms with Crippen LogP contribution in [0, 0.1) is 6.92 Å². The van der Waals surface area contributed by atoms with Crippen molar-refractivity contribution in [3.63, 3.8) is 0 Å². The summed E-state index contributed by atoms with van der Waals surface area (Å²) in [7, 11) is 1.69. The number of methoxy groups -OCH3 is 1. The molecule has 4 rings (SSSR count). The molecule has 0 aliphatic heterocycles. The predicted molar refractivity (Wildman–Crippen MR) is 126 cm³/mol. The van der Waals surface area contributed by atoms with Crippen LogP contribution in [-0.2, 0) is 16.1 Å². The highest BCUT2D eigenvalue weighted by Gasteiger charge is 2.25. The molecule has 158 valence electrons. The molecule has 0 fully saturated rings. The highest BCUT2D eigenvalue weighted by molar-refractivity contribution is 8.00. The second-order valence-electron chi connectivity index (χ2n) is 7.29. The van der Waals surface area contributed by atoms with E-state index in [0.717, 1.165) is 33.0 Å². The van der Waals surface area contributed by atoms with Crippen molar-refractivity contribution >= 4 is 34.4 Å². The maximum absolute atomic E-state index is 13.3. The van der Waals surface area contributed by atoms with E-state index in [1.165, 1.54) is 11.8 Å². The minimum absolute atomic E-state index is 0.0783. The molecular weight excluding hydrogens is 406 g/mol. The maximum atomic E-state index is 13.3. The molecule has 1 N–H and O–H groups in total. The highest BCUT2D eigenvalue weighted by Crippen LogP contribution is 2.37. The first-order valence-corrected chi connectivity index (χ1v) is 11.1. The van der Waals surface area contributed by atoms with Gasteiger partial charge in [0.15, 0.2) is 5.16 Å². The van der Waals surface area contributed by atoms with Crippen LogP contribution in [0.25, 0.3) is 11.0 Å². The van der Waals surface area contributed by atoms with E-state index in [9.17, 15) is 4.79 Å². The summed E-state index contributed by atoms with van der Waals surface area (Å²) in [4.78, 5) is 18.2.